The van der Waals surface area contributed by atoms with Gasteiger partial charge in [-0.15, -0.1) is 0 Å². The SMILES string of the molecule is Cc1cc(SCC(=O)Nc2ccc(C(F)(F)F)cc2)n2c(nc3ccccc32)c1C#N. The highest BCUT2D eigenvalue weighted by molar-refractivity contribution is 7.99. The summed E-state index contributed by atoms with van der Waals surface area (Å²) in [7, 11) is 0. The number of anilines is 1. The summed E-state index contributed by atoms with van der Waals surface area (Å²) in [6.07, 6.45) is -4.43. The number of amides is 1. The number of hydrogen-bond donors (Lipinski definition) is 1. The number of thioether (sulfide) groups is 1. The molecule has 0 aliphatic heterocycles. The van der Waals surface area contributed by atoms with Gasteiger partial charge in [0.2, 0.25) is 5.91 Å². The number of hydrogen-bond acceptors (Lipinski definition) is 4. The molecule has 4 aromatic rings. The lowest BCUT2D eigenvalue weighted by atomic mass is 10.2. The second-order valence-corrected chi connectivity index (χ2v) is 7.82. The van der Waals surface area contributed by atoms with Crippen LogP contribution in [0.25, 0.3) is 16.7 Å². The highest BCUT2D eigenvalue weighted by Crippen LogP contribution is 2.31. The van der Waals surface area contributed by atoms with Gasteiger partial charge in [0.05, 0.1) is 32.9 Å². The van der Waals surface area contributed by atoms with Crippen LogP contribution < -0.4 is 5.32 Å². The lowest BCUT2D eigenvalue weighted by molar-refractivity contribution is -0.137. The van der Waals surface area contributed by atoms with Gasteiger partial charge in [0.1, 0.15) is 6.07 Å². The number of aromatic nitrogens is 2. The number of nitrogens with zero attached hydrogens (tertiary/aromatic N) is 3. The molecule has 5 nitrogen and oxygen atoms in total. The number of rotatable bonds is 4. The van der Waals surface area contributed by atoms with E-state index in [1.807, 2.05) is 41.7 Å². The predicted molar refractivity (Wildman–Crippen MR) is 113 cm³/mol. The number of halogens is 3. The molecule has 0 spiro atoms. The second-order valence-electron chi connectivity index (χ2n) is 6.82. The Bertz CT molecular complexity index is 1340. The van der Waals surface area contributed by atoms with Gasteiger partial charge in [0.25, 0.3) is 0 Å². The third kappa shape index (κ3) is 4.07. The van der Waals surface area contributed by atoms with Crippen molar-refractivity contribution in [3.05, 3.63) is 71.3 Å². The topological polar surface area (TPSA) is 70.2 Å². The quantitative estimate of drug-likeness (QED) is 0.431. The van der Waals surface area contributed by atoms with Crippen molar-refractivity contribution >= 4 is 40.0 Å². The molecule has 2 aromatic heterocycles. The van der Waals surface area contributed by atoms with Gasteiger partial charge >= 0.3 is 6.18 Å². The minimum absolute atomic E-state index is 0.0357. The Balaban J connectivity index is 1.58. The first-order valence-electron chi connectivity index (χ1n) is 9.19. The largest absolute Gasteiger partial charge is 0.416 e. The molecule has 4 rings (SSSR count). The van der Waals surface area contributed by atoms with Crippen LogP contribution in [0.1, 0.15) is 16.7 Å². The Labute approximate surface area is 179 Å². The molecule has 0 bridgehead atoms. The summed E-state index contributed by atoms with van der Waals surface area (Å²) in [5, 5.41) is 12.9. The summed E-state index contributed by atoms with van der Waals surface area (Å²) in [5.74, 6) is -0.321. The summed E-state index contributed by atoms with van der Waals surface area (Å²) in [6.45, 7) is 1.81. The lowest BCUT2D eigenvalue weighted by Crippen LogP contribution is -2.14. The van der Waals surface area contributed by atoms with E-state index in [9.17, 15) is 23.2 Å². The first-order chi connectivity index (χ1) is 14.8. The summed E-state index contributed by atoms with van der Waals surface area (Å²) >= 11 is 1.26. The van der Waals surface area contributed by atoms with Crippen LogP contribution in [0.4, 0.5) is 18.9 Å². The average molecular weight is 440 g/mol. The number of nitrogens with one attached hydrogen (secondary N) is 1. The van der Waals surface area contributed by atoms with E-state index in [-0.39, 0.29) is 17.3 Å². The zero-order valence-electron chi connectivity index (χ0n) is 16.2. The van der Waals surface area contributed by atoms with E-state index < -0.39 is 11.7 Å². The Morgan fingerprint density at radius 2 is 1.90 bits per heavy atom. The van der Waals surface area contributed by atoms with E-state index in [1.165, 1.54) is 23.9 Å². The number of imidazole rings is 1. The first kappa shape index (κ1) is 20.8. The first-order valence-corrected chi connectivity index (χ1v) is 10.2. The van der Waals surface area contributed by atoms with Crippen molar-refractivity contribution in [1.82, 2.24) is 9.38 Å². The molecule has 0 atom stereocenters. The van der Waals surface area contributed by atoms with Gasteiger partial charge in [-0.05, 0) is 55.0 Å². The van der Waals surface area contributed by atoms with Gasteiger partial charge < -0.3 is 5.32 Å². The molecule has 0 fully saturated rings. The summed E-state index contributed by atoms with van der Waals surface area (Å²) in [6, 6.07) is 15.8. The predicted octanol–water partition coefficient (Wildman–Crippen LogP) is 5.42. The maximum Gasteiger partial charge on any atom is 0.416 e. The molecule has 0 saturated carbocycles. The van der Waals surface area contributed by atoms with Crippen molar-refractivity contribution in [2.75, 3.05) is 11.1 Å². The normalized spacial score (nSPS) is 11.6. The van der Waals surface area contributed by atoms with E-state index >= 15 is 0 Å². The molecule has 31 heavy (non-hydrogen) atoms. The fraction of sp³-hybridized carbons (Fsp3) is 0.136. The molecule has 2 heterocycles. The molecule has 1 amide bonds. The lowest BCUT2D eigenvalue weighted by Gasteiger charge is -2.11. The smallest absolute Gasteiger partial charge is 0.325 e. The number of pyridine rings is 1. The van der Waals surface area contributed by atoms with Crippen molar-refractivity contribution in [3.8, 4) is 6.07 Å². The maximum absolute atomic E-state index is 12.7. The van der Waals surface area contributed by atoms with E-state index in [1.54, 1.807) is 0 Å². The molecule has 0 saturated heterocycles. The third-order valence-corrected chi connectivity index (χ3v) is 5.70. The van der Waals surface area contributed by atoms with Crippen LogP contribution in [0.2, 0.25) is 0 Å². The van der Waals surface area contributed by atoms with Crippen LogP contribution >= 0.6 is 11.8 Å². The van der Waals surface area contributed by atoms with Crippen molar-refractivity contribution in [3.63, 3.8) is 0 Å². The minimum atomic E-state index is -4.43. The van der Waals surface area contributed by atoms with Gasteiger partial charge in [0, 0.05) is 5.69 Å². The molecule has 0 unspecified atom stereocenters. The van der Waals surface area contributed by atoms with Gasteiger partial charge in [-0.2, -0.15) is 18.4 Å². The molecule has 9 heteroatoms. The van der Waals surface area contributed by atoms with Gasteiger partial charge in [0.15, 0.2) is 5.65 Å². The molecule has 0 aliphatic rings. The molecule has 0 radical (unpaired) electrons. The Morgan fingerprint density at radius 3 is 2.58 bits per heavy atom. The van der Waals surface area contributed by atoms with Crippen LogP contribution in [-0.4, -0.2) is 21.0 Å². The average Bonchev–Trinajstić information content (AvgIpc) is 3.11. The van der Waals surface area contributed by atoms with Crippen molar-refractivity contribution in [2.45, 2.75) is 18.1 Å². The number of aryl methyl sites for hydroxylation is 1. The van der Waals surface area contributed by atoms with Crippen molar-refractivity contribution < 1.29 is 18.0 Å². The van der Waals surface area contributed by atoms with Gasteiger partial charge in [-0.1, -0.05) is 23.9 Å². The molecular weight excluding hydrogens is 425 g/mol. The third-order valence-electron chi connectivity index (χ3n) is 4.70. The monoisotopic (exact) mass is 440 g/mol. The number of nitriles is 1. The Kier molecular flexibility index (Phi) is 5.33. The van der Waals surface area contributed by atoms with Crippen LogP contribution in [0, 0.1) is 18.3 Å². The van der Waals surface area contributed by atoms with E-state index in [4.69, 9.17) is 0 Å². The van der Waals surface area contributed by atoms with Crippen LogP contribution in [0.3, 0.4) is 0 Å². The number of benzene rings is 2. The van der Waals surface area contributed by atoms with Crippen LogP contribution in [-0.2, 0) is 11.0 Å². The fourth-order valence-electron chi connectivity index (χ4n) is 3.24. The number of carbonyl (C=O) groups excluding carboxylic acids is 1. The Morgan fingerprint density at radius 1 is 1.19 bits per heavy atom. The minimum Gasteiger partial charge on any atom is -0.325 e. The van der Waals surface area contributed by atoms with Crippen LogP contribution in [0.15, 0.2) is 59.6 Å². The van der Waals surface area contributed by atoms with Crippen LogP contribution in [0.5, 0.6) is 0 Å². The van der Waals surface area contributed by atoms with Gasteiger partial charge in [-0.25, -0.2) is 4.98 Å². The zero-order valence-corrected chi connectivity index (χ0v) is 17.0. The summed E-state index contributed by atoms with van der Waals surface area (Å²) in [5.41, 5.74) is 2.80. The number of fused-ring (bicyclic) bond motifs is 3. The fourth-order valence-corrected chi connectivity index (χ4v) is 4.16. The zero-order chi connectivity index (χ0) is 22.2. The van der Waals surface area contributed by atoms with E-state index in [0.717, 1.165) is 33.8 Å². The number of carbonyl (C=O) groups is 1. The summed E-state index contributed by atoms with van der Waals surface area (Å²) in [4.78, 5) is 16.9. The van der Waals surface area contributed by atoms with Gasteiger partial charge in [-0.3, -0.25) is 9.20 Å². The number of para-hydroxylation sites is 2. The highest BCUT2D eigenvalue weighted by Gasteiger charge is 2.30. The molecule has 1 N–H and O–H groups in total. The Hall–Kier alpha value is -3.51. The second kappa shape index (κ2) is 7.96. The maximum atomic E-state index is 12.7. The van der Waals surface area contributed by atoms with E-state index in [0.29, 0.717) is 11.2 Å². The molecule has 156 valence electrons. The highest BCUT2D eigenvalue weighted by atomic mass is 32.2. The number of alkyl halides is 3. The van der Waals surface area contributed by atoms with Crippen molar-refractivity contribution in [1.29, 1.82) is 5.26 Å². The van der Waals surface area contributed by atoms with Crippen molar-refractivity contribution in [2.24, 2.45) is 0 Å². The molecular formula is C22H15F3N4OS. The molecule has 2 aromatic carbocycles. The summed E-state index contributed by atoms with van der Waals surface area (Å²) < 4.78 is 39.9. The standard InChI is InChI=1S/C22H15F3N4OS/c1-13-10-20(29-18-5-3-2-4-17(18)28-21(29)16(13)11-26)31-12-19(30)27-15-8-6-14(7-9-15)22(23,24)25/h2-10H,12H2,1H3,(H,27,30). The van der Waals surface area contributed by atoms with E-state index in [2.05, 4.69) is 16.4 Å². The molecule has 0 aliphatic carbocycles.